The van der Waals surface area contributed by atoms with Crippen molar-refractivity contribution >= 4 is 33.7 Å². The summed E-state index contributed by atoms with van der Waals surface area (Å²) in [7, 11) is 0. The number of carbonyl (C=O) groups is 1. The van der Waals surface area contributed by atoms with E-state index in [2.05, 4.69) is 0 Å². The normalized spacial score (nSPS) is 11.2. The first-order chi connectivity index (χ1) is 8.68. The Morgan fingerprint density at radius 3 is 2.67 bits per heavy atom. The molecule has 0 aliphatic heterocycles. The van der Waals surface area contributed by atoms with Crippen molar-refractivity contribution in [1.82, 2.24) is 0 Å². The molecule has 2 aromatic rings. The van der Waals surface area contributed by atoms with Gasteiger partial charge in [0.25, 0.3) is 0 Å². The van der Waals surface area contributed by atoms with E-state index < -0.39 is 0 Å². The van der Waals surface area contributed by atoms with E-state index in [0.717, 1.165) is 16.3 Å². The number of phenolic OH excluding ortho intramolecular Hbond substituents is 1. The van der Waals surface area contributed by atoms with Crippen molar-refractivity contribution in [3.63, 3.8) is 0 Å². The monoisotopic (exact) mass is 258 g/mol. The van der Waals surface area contributed by atoms with Crippen LogP contribution in [-0.2, 0) is 4.79 Å². The largest absolute Gasteiger partial charge is 0.507 e. The van der Waals surface area contributed by atoms with Crippen LogP contribution in [0, 0.1) is 0 Å². The van der Waals surface area contributed by atoms with Crippen LogP contribution in [-0.4, -0.2) is 16.0 Å². The molecule has 2 nitrogen and oxygen atoms in total. The van der Waals surface area contributed by atoms with Gasteiger partial charge in [0.15, 0.2) is 5.12 Å². The lowest BCUT2D eigenvalue weighted by atomic mass is 10.0. The lowest BCUT2D eigenvalue weighted by Crippen LogP contribution is -1.82. The maximum atomic E-state index is 10.8. The average Bonchev–Trinajstić information content (AvgIpc) is 2.37. The van der Waals surface area contributed by atoms with Gasteiger partial charge in [0.1, 0.15) is 5.75 Å². The van der Waals surface area contributed by atoms with Crippen LogP contribution in [0.3, 0.4) is 0 Å². The first-order valence-electron chi connectivity index (χ1n) is 5.69. The average molecular weight is 258 g/mol. The third-order valence-corrected chi connectivity index (χ3v) is 3.38. The smallest absolute Gasteiger partial charge is 0.186 e. The minimum Gasteiger partial charge on any atom is -0.507 e. The number of phenols is 1. The van der Waals surface area contributed by atoms with Crippen LogP contribution >= 0.6 is 11.8 Å². The third-order valence-electron chi connectivity index (χ3n) is 2.62. The van der Waals surface area contributed by atoms with Crippen LogP contribution in [0.2, 0.25) is 0 Å². The van der Waals surface area contributed by atoms with Gasteiger partial charge in [0.2, 0.25) is 0 Å². The van der Waals surface area contributed by atoms with E-state index in [9.17, 15) is 9.90 Å². The van der Waals surface area contributed by atoms with Crippen LogP contribution in [0.1, 0.15) is 12.5 Å². The Hall–Kier alpha value is -1.74. The number of fused-ring (bicyclic) bond motifs is 1. The first-order valence-corrected chi connectivity index (χ1v) is 6.67. The predicted octanol–water partition coefficient (Wildman–Crippen LogP) is 3.84. The van der Waals surface area contributed by atoms with Gasteiger partial charge in [-0.05, 0) is 17.0 Å². The zero-order valence-electron chi connectivity index (χ0n) is 10.1. The second-order valence-electron chi connectivity index (χ2n) is 3.92. The molecule has 2 aromatic carbocycles. The highest BCUT2D eigenvalue weighted by atomic mass is 32.2. The molecule has 0 fully saturated rings. The van der Waals surface area contributed by atoms with E-state index in [0.29, 0.717) is 11.5 Å². The molecule has 0 saturated heterocycles. The van der Waals surface area contributed by atoms with Gasteiger partial charge in [-0.3, -0.25) is 4.79 Å². The van der Waals surface area contributed by atoms with Crippen LogP contribution in [0.25, 0.3) is 16.8 Å². The number of aromatic hydroxyl groups is 1. The molecule has 0 aliphatic carbocycles. The van der Waals surface area contributed by atoms with Gasteiger partial charge in [-0.1, -0.05) is 54.2 Å². The summed E-state index contributed by atoms with van der Waals surface area (Å²) in [5.41, 5.74) is 1.05. The quantitative estimate of drug-likeness (QED) is 0.909. The molecule has 2 rings (SSSR count). The maximum Gasteiger partial charge on any atom is 0.186 e. The Kier molecular flexibility index (Phi) is 4.05. The highest BCUT2D eigenvalue weighted by Gasteiger charge is 2.01. The first kappa shape index (κ1) is 12.7. The van der Waals surface area contributed by atoms with Crippen molar-refractivity contribution < 1.29 is 9.90 Å². The Morgan fingerprint density at radius 1 is 1.22 bits per heavy atom. The van der Waals surface area contributed by atoms with Crippen molar-refractivity contribution in [2.75, 3.05) is 5.75 Å². The molecule has 0 radical (unpaired) electrons. The summed E-state index contributed by atoms with van der Waals surface area (Å²) in [6.07, 6.45) is 3.95. The molecule has 0 aromatic heterocycles. The van der Waals surface area contributed by atoms with E-state index in [1.165, 1.54) is 11.8 Å². The number of hydrogen-bond donors (Lipinski definition) is 1. The SMILES string of the molecule is CC(=O)SCC=Cc1ccc(O)c2ccccc12. The fourth-order valence-corrected chi connectivity index (χ4v) is 2.22. The fraction of sp³-hybridized carbons (Fsp3) is 0.133. The summed E-state index contributed by atoms with van der Waals surface area (Å²) in [5.74, 6) is 0.964. The summed E-state index contributed by atoms with van der Waals surface area (Å²) in [5, 5.41) is 11.7. The molecule has 3 heteroatoms. The van der Waals surface area contributed by atoms with Crippen molar-refractivity contribution in [2.45, 2.75) is 6.92 Å². The highest BCUT2D eigenvalue weighted by Crippen LogP contribution is 2.28. The summed E-state index contributed by atoms with van der Waals surface area (Å²) < 4.78 is 0. The van der Waals surface area contributed by atoms with E-state index in [-0.39, 0.29) is 5.12 Å². The molecular weight excluding hydrogens is 244 g/mol. The van der Waals surface area contributed by atoms with E-state index in [1.54, 1.807) is 13.0 Å². The second-order valence-corrected chi connectivity index (χ2v) is 5.12. The van der Waals surface area contributed by atoms with Crippen molar-refractivity contribution in [1.29, 1.82) is 0 Å². The van der Waals surface area contributed by atoms with Gasteiger partial charge in [-0.25, -0.2) is 0 Å². The van der Waals surface area contributed by atoms with Crippen molar-refractivity contribution in [3.8, 4) is 5.75 Å². The molecule has 0 unspecified atom stereocenters. The Balaban J connectivity index is 2.29. The number of carbonyl (C=O) groups excluding carboxylic acids is 1. The van der Waals surface area contributed by atoms with Crippen LogP contribution in [0.4, 0.5) is 0 Å². The topological polar surface area (TPSA) is 37.3 Å². The molecule has 1 N–H and O–H groups in total. The number of thioether (sulfide) groups is 1. The van der Waals surface area contributed by atoms with E-state index >= 15 is 0 Å². The van der Waals surface area contributed by atoms with E-state index in [4.69, 9.17) is 0 Å². The zero-order valence-corrected chi connectivity index (χ0v) is 10.9. The third kappa shape index (κ3) is 2.93. The number of rotatable bonds is 3. The van der Waals surface area contributed by atoms with Gasteiger partial charge >= 0.3 is 0 Å². The van der Waals surface area contributed by atoms with Crippen molar-refractivity contribution in [2.24, 2.45) is 0 Å². The van der Waals surface area contributed by atoms with Gasteiger partial charge in [-0.2, -0.15) is 0 Å². The fourth-order valence-electron chi connectivity index (χ4n) is 1.79. The predicted molar refractivity (Wildman–Crippen MR) is 77.8 cm³/mol. The Bertz CT molecular complexity index is 602. The number of benzene rings is 2. The molecule has 0 amide bonds. The molecule has 0 heterocycles. The minimum atomic E-state index is 0.121. The number of hydrogen-bond acceptors (Lipinski definition) is 3. The standard InChI is InChI=1S/C15H14O2S/c1-11(16)18-10-4-5-12-8-9-15(17)14-7-3-2-6-13(12)14/h2-9,17H,10H2,1H3. The molecule has 0 atom stereocenters. The van der Waals surface area contributed by atoms with Gasteiger partial charge in [0.05, 0.1) is 0 Å². The summed E-state index contributed by atoms with van der Waals surface area (Å²) in [4.78, 5) is 10.8. The minimum absolute atomic E-state index is 0.121. The molecule has 0 spiro atoms. The van der Waals surface area contributed by atoms with Crippen LogP contribution in [0.5, 0.6) is 5.75 Å². The van der Waals surface area contributed by atoms with Gasteiger partial charge in [0, 0.05) is 18.1 Å². The molecular formula is C15H14O2S. The van der Waals surface area contributed by atoms with Crippen molar-refractivity contribution in [3.05, 3.63) is 48.0 Å². The lowest BCUT2D eigenvalue weighted by molar-refractivity contribution is -0.109. The summed E-state index contributed by atoms with van der Waals surface area (Å²) in [6.45, 7) is 1.56. The van der Waals surface area contributed by atoms with Gasteiger partial charge in [-0.15, -0.1) is 0 Å². The molecule has 18 heavy (non-hydrogen) atoms. The highest BCUT2D eigenvalue weighted by molar-refractivity contribution is 8.13. The zero-order chi connectivity index (χ0) is 13.0. The Morgan fingerprint density at radius 2 is 1.94 bits per heavy atom. The Labute approximate surface area is 110 Å². The van der Waals surface area contributed by atoms with Crippen LogP contribution < -0.4 is 0 Å². The molecule has 92 valence electrons. The van der Waals surface area contributed by atoms with Crippen LogP contribution in [0.15, 0.2) is 42.5 Å². The second kappa shape index (κ2) is 5.74. The molecule has 0 bridgehead atoms. The van der Waals surface area contributed by atoms with Gasteiger partial charge < -0.3 is 5.11 Å². The molecule has 0 aliphatic rings. The maximum absolute atomic E-state index is 10.8. The molecule has 0 saturated carbocycles. The summed E-state index contributed by atoms with van der Waals surface area (Å²) >= 11 is 1.28. The lowest BCUT2D eigenvalue weighted by Gasteiger charge is -2.04. The summed E-state index contributed by atoms with van der Waals surface area (Å²) in [6, 6.07) is 11.3. The van der Waals surface area contributed by atoms with E-state index in [1.807, 2.05) is 42.5 Å².